The highest BCUT2D eigenvalue weighted by Gasteiger charge is 2.33. The van der Waals surface area contributed by atoms with Gasteiger partial charge < -0.3 is 20.0 Å². The minimum absolute atomic E-state index is 0.187. The lowest BCUT2D eigenvalue weighted by molar-refractivity contribution is -0.162. The topological polar surface area (TPSA) is 128 Å². The van der Waals surface area contributed by atoms with E-state index in [1.54, 1.807) is 12.4 Å². The minimum Gasteiger partial charge on any atom is -0.479 e. The first-order valence-electron chi connectivity index (χ1n) is 8.79. The van der Waals surface area contributed by atoms with Crippen molar-refractivity contribution in [3.63, 3.8) is 0 Å². The first-order chi connectivity index (χ1) is 13.1. The van der Waals surface area contributed by atoms with Crippen molar-refractivity contribution < 1.29 is 24.3 Å². The van der Waals surface area contributed by atoms with Gasteiger partial charge in [0, 0.05) is 30.8 Å². The van der Waals surface area contributed by atoms with Gasteiger partial charge in [0.1, 0.15) is 0 Å². The molecule has 4 rings (SSSR count). The molecule has 0 aromatic carbocycles. The molecule has 2 aliphatic rings. The Morgan fingerprint density at radius 1 is 1.41 bits per heavy atom. The van der Waals surface area contributed by atoms with E-state index in [1.165, 1.54) is 0 Å². The molecule has 0 amide bonds. The molecule has 0 bridgehead atoms. The predicted molar refractivity (Wildman–Crippen MR) is 94.5 cm³/mol. The maximum absolute atomic E-state index is 11.9. The smallest absolute Gasteiger partial charge is 0.351 e. The van der Waals surface area contributed by atoms with Crippen molar-refractivity contribution >= 4 is 34.4 Å². The van der Waals surface area contributed by atoms with Crippen molar-refractivity contribution in [2.75, 3.05) is 11.9 Å². The number of aryl methyl sites for hydroxylation is 1. The number of carbonyl (C=O) groups excluding carboxylic acids is 1. The maximum Gasteiger partial charge on any atom is 0.351 e. The van der Waals surface area contributed by atoms with E-state index < -0.39 is 24.6 Å². The van der Waals surface area contributed by atoms with Crippen molar-refractivity contribution in [2.24, 2.45) is 5.16 Å². The van der Waals surface area contributed by atoms with Gasteiger partial charge in [-0.05, 0) is 19.8 Å². The number of aromatic nitrogens is 3. The third kappa shape index (κ3) is 3.42. The summed E-state index contributed by atoms with van der Waals surface area (Å²) in [6.07, 6.45) is 4.90. The lowest BCUT2D eigenvalue weighted by Crippen LogP contribution is -2.26. The summed E-state index contributed by atoms with van der Waals surface area (Å²) in [6.45, 7) is 2.00. The Labute approximate surface area is 154 Å². The van der Waals surface area contributed by atoms with Crippen LogP contribution in [0.15, 0.2) is 17.5 Å². The van der Waals surface area contributed by atoms with E-state index in [9.17, 15) is 9.59 Å². The number of anilines is 1. The number of nitrogens with one attached hydrogen (secondary N) is 1. The second-order valence-electron chi connectivity index (χ2n) is 6.50. The molecule has 10 heteroatoms. The van der Waals surface area contributed by atoms with Gasteiger partial charge >= 0.3 is 11.9 Å². The molecule has 10 nitrogen and oxygen atoms in total. The van der Waals surface area contributed by atoms with Crippen molar-refractivity contribution in [3.05, 3.63) is 18.0 Å². The molecule has 3 heterocycles. The first kappa shape index (κ1) is 17.3. The second-order valence-corrected chi connectivity index (χ2v) is 6.50. The van der Waals surface area contributed by atoms with Crippen LogP contribution in [0.25, 0.3) is 11.0 Å². The van der Waals surface area contributed by atoms with Crippen molar-refractivity contribution in [1.82, 2.24) is 14.8 Å². The van der Waals surface area contributed by atoms with Crippen LogP contribution in [0, 0.1) is 0 Å². The zero-order chi connectivity index (χ0) is 19.0. The zero-order valence-corrected chi connectivity index (χ0v) is 14.7. The van der Waals surface area contributed by atoms with Gasteiger partial charge in [-0.15, -0.1) is 0 Å². The summed E-state index contributed by atoms with van der Waals surface area (Å²) >= 11 is 0. The van der Waals surface area contributed by atoms with Crippen LogP contribution in [-0.4, -0.2) is 56.3 Å². The summed E-state index contributed by atoms with van der Waals surface area (Å²) in [6, 6.07) is 0.401. The van der Waals surface area contributed by atoms with Gasteiger partial charge in [-0.25, -0.2) is 19.3 Å². The second kappa shape index (κ2) is 6.86. The van der Waals surface area contributed by atoms with Crippen molar-refractivity contribution in [1.29, 1.82) is 0 Å². The van der Waals surface area contributed by atoms with Crippen LogP contribution >= 0.6 is 0 Å². The van der Waals surface area contributed by atoms with E-state index in [1.807, 2.05) is 11.6 Å². The minimum atomic E-state index is -1.22. The third-order valence-corrected chi connectivity index (χ3v) is 4.47. The molecule has 27 heavy (non-hydrogen) atoms. The standard InChI is InChI=1S/C17H19N5O5/c1-2-22-16-11(7-19-22)15(20-9-3-4-9)10(6-18-16)12-5-13(27-21-12)17(25)26-8-14(23)24/h6-7,9,13H,2-5,8H2,1H3,(H,18,20)(H,23,24). The molecule has 1 unspecified atom stereocenters. The molecule has 1 saturated carbocycles. The van der Waals surface area contributed by atoms with E-state index in [4.69, 9.17) is 9.94 Å². The number of carboxylic acids is 1. The van der Waals surface area contributed by atoms with E-state index in [2.05, 4.69) is 25.3 Å². The largest absolute Gasteiger partial charge is 0.479 e. The number of hydrogen-bond acceptors (Lipinski definition) is 8. The van der Waals surface area contributed by atoms with Gasteiger partial charge in [0.25, 0.3) is 0 Å². The molecule has 1 fully saturated rings. The highest BCUT2D eigenvalue weighted by atomic mass is 16.7. The molecule has 2 aromatic heterocycles. The highest BCUT2D eigenvalue weighted by molar-refractivity contribution is 6.11. The molecular formula is C17H19N5O5. The fourth-order valence-electron chi connectivity index (χ4n) is 2.95. The van der Waals surface area contributed by atoms with E-state index >= 15 is 0 Å². The van der Waals surface area contributed by atoms with Gasteiger partial charge in [-0.2, -0.15) is 5.10 Å². The monoisotopic (exact) mass is 373 g/mol. The van der Waals surface area contributed by atoms with Crippen molar-refractivity contribution in [2.45, 2.75) is 44.9 Å². The number of ether oxygens (including phenoxy) is 1. The number of carbonyl (C=O) groups is 2. The summed E-state index contributed by atoms with van der Waals surface area (Å²) in [5.74, 6) is -1.97. The molecule has 1 aliphatic heterocycles. The average molecular weight is 373 g/mol. The van der Waals surface area contributed by atoms with E-state index in [0.717, 1.165) is 35.1 Å². The fraction of sp³-hybridized carbons (Fsp3) is 0.471. The molecule has 2 N–H and O–H groups in total. The first-order valence-corrected chi connectivity index (χ1v) is 8.79. The Morgan fingerprint density at radius 2 is 2.22 bits per heavy atom. The van der Waals surface area contributed by atoms with Crippen LogP contribution in [0.1, 0.15) is 31.7 Å². The summed E-state index contributed by atoms with van der Waals surface area (Å²) < 4.78 is 6.50. The number of hydrogen-bond donors (Lipinski definition) is 2. The number of oxime groups is 1. The summed E-state index contributed by atoms with van der Waals surface area (Å²) in [5.41, 5.74) is 2.97. The molecule has 142 valence electrons. The lowest BCUT2D eigenvalue weighted by Gasteiger charge is -2.12. The Hall–Kier alpha value is -3.17. The quantitative estimate of drug-likeness (QED) is 0.692. The van der Waals surface area contributed by atoms with Crippen LogP contribution in [0.4, 0.5) is 5.69 Å². The van der Waals surface area contributed by atoms with Crippen LogP contribution in [0.2, 0.25) is 0 Å². The average Bonchev–Trinajstić information content (AvgIpc) is 3.18. The number of carboxylic acid groups (broad SMARTS) is 1. The molecule has 0 saturated heterocycles. The Kier molecular flexibility index (Phi) is 4.38. The normalized spacial score (nSPS) is 18.9. The molecule has 2 aromatic rings. The van der Waals surface area contributed by atoms with Gasteiger partial charge in [0.2, 0.25) is 6.10 Å². The van der Waals surface area contributed by atoms with E-state index in [0.29, 0.717) is 18.3 Å². The third-order valence-electron chi connectivity index (χ3n) is 4.47. The molecule has 1 aliphatic carbocycles. The Balaban J connectivity index is 1.60. The van der Waals surface area contributed by atoms with Crippen molar-refractivity contribution in [3.8, 4) is 0 Å². The number of aliphatic carboxylic acids is 1. The number of fused-ring (bicyclic) bond motifs is 1. The summed E-state index contributed by atoms with van der Waals surface area (Å²) in [5, 5.41) is 21.4. The number of pyridine rings is 1. The van der Waals surface area contributed by atoms with Crippen LogP contribution < -0.4 is 5.32 Å². The van der Waals surface area contributed by atoms with Gasteiger partial charge in [-0.1, -0.05) is 5.16 Å². The number of rotatable bonds is 7. The molecule has 0 spiro atoms. The molecule has 1 atom stereocenters. The summed E-state index contributed by atoms with van der Waals surface area (Å²) in [7, 11) is 0. The molecular weight excluding hydrogens is 354 g/mol. The van der Waals surface area contributed by atoms with Gasteiger partial charge in [0.05, 0.1) is 23.0 Å². The fourth-order valence-corrected chi connectivity index (χ4v) is 2.95. The molecule has 0 radical (unpaired) electrons. The van der Waals surface area contributed by atoms with Gasteiger partial charge in [0.15, 0.2) is 12.3 Å². The van der Waals surface area contributed by atoms with Crippen LogP contribution in [0.5, 0.6) is 0 Å². The van der Waals surface area contributed by atoms with Gasteiger partial charge in [-0.3, -0.25) is 0 Å². The maximum atomic E-state index is 11.9. The van der Waals surface area contributed by atoms with Crippen LogP contribution in [0.3, 0.4) is 0 Å². The number of esters is 1. The Bertz CT molecular complexity index is 933. The van der Waals surface area contributed by atoms with Crippen LogP contribution in [-0.2, 0) is 25.7 Å². The zero-order valence-electron chi connectivity index (χ0n) is 14.7. The highest BCUT2D eigenvalue weighted by Crippen LogP contribution is 2.34. The summed E-state index contributed by atoms with van der Waals surface area (Å²) in [4.78, 5) is 32.1. The van der Waals surface area contributed by atoms with E-state index in [-0.39, 0.29) is 6.42 Å². The Morgan fingerprint density at radius 3 is 2.93 bits per heavy atom. The SMILES string of the molecule is CCn1ncc2c(NC3CC3)c(C3=NOC(C(=O)OCC(=O)O)C3)cnc21. The number of nitrogens with zero attached hydrogens (tertiary/aromatic N) is 4. The lowest BCUT2D eigenvalue weighted by atomic mass is 10.0. The predicted octanol–water partition coefficient (Wildman–Crippen LogP) is 1.15.